The molecular weight excluding hydrogens is 388 g/mol. The molecule has 0 aliphatic rings. The van der Waals surface area contributed by atoms with Gasteiger partial charge in [-0.25, -0.2) is 4.79 Å². The van der Waals surface area contributed by atoms with E-state index in [4.69, 9.17) is 4.74 Å². The van der Waals surface area contributed by atoms with Crippen molar-refractivity contribution < 1.29 is 19.1 Å². The molecule has 3 aromatic rings. The topological polar surface area (TPSA) is 82.3 Å². The van der Waals surface area contributed by atoms with Gasteiger partial charge in [0.1, 0.15) is 0 Å². The number of nitrogens with one attached hydrogen (secondary N) is 1. The van der Waals surface area contributed by atoms with Crippen LogP contribution in [0.2, 0.25) is 0 Å². The molecule has 0 bridgehead atoms. The average molecular weight is 408 g/mol. The zero-order valence-electron chi connectivity index (χ0n) is 16.0. The van der Waals surface area contributed by atoms with E-state index in [0.29, 0.717) is 10.4 Å². The molecule has 7 heteroatoms. The third-order valence-corrected chi connectivity index (χ3v) is 5.24. The number of esters is 1. The SMILES string of the molecule is Cc1ccc(C)c(Sc2ccc(NC(=O)COC(=O)c3cccc[n+]3[O-])cc2)c1. The van der Waals surface area contributed by atoms with Gasteiger partial charge in [0.05, 0.1) is 0 Å². The Bertz CT molecular complexity index is 1040. The number of nitrogens with zero attached hydrogens (tertiary/aromatic N) is 1. The number of carbonyl (C=O) groups excluding carboxylic acids is 2. The van der Waals surface area contributed by atoms with Crippen molar-refractivity contribution in [2.45, 2.75) is 23.6 Å². The quantitative estimate of drug-likeness (QED) is 0.380. The molecule has 2 aromatic carbocycles. The number of benzene rings is 2. The molecule has 0 fully saturated rings. The molecule has 0 unspecified atom stereocenters. The second-order valence-electron chi connectivity index (χ2n) is 6.43. The van der Waals surface area contributed by atoms with Gasteiger partial charge in [-0.15, -0.1) is 0 Å². The zero-order valence-corrected chi connectivity index (χ0v) is 16.9. The van der Waals surface area contributed by atoms with Gasteiger partial charge in [0, 0.05) is 27.6 Å². The minimum absolute atomic E-state index is 0.173. The Balaban J connectivity index is 1.54. The lowest BCUT2D eigenvalue weighted by Gasteiger charge is -2.09. The number of ether oxygens (including phenoxy) is 1. The lowest BCUT2D eigenvalue weighted by molar-refractivity contribution is -0.608. The smallest absolute Gasteiger partial charge is 0.405 e. The Hall–Kier alpha value is -3.32. The van der Waals surface area contributed by atoms with Crippen molar-refractivity contribution in [2.75, 3.05) is 11.9 Å². The van der Waals surface area contributed by atoms with Gasteiger partial charge in [-0.05, 0) is 61.4 Å². The highest BCUT2D eigenvalue weighted by Crippen LogP contribution is 2.31. The third-order valence-electron chi connectivity index (χ3n) is 4.08. The van der Waals surface area contributed by atoms with Crippen LogP contribution in [-0.4, -0.2) is 18.5 Å². The molecule has 1 heterocycles. The van der Waals surface area contributed by atoms with Crippen LogP contribution in [0.3, 0.4) is 0 Å². The highest BCUT2D eigenvalue weighted by atomic mass is 32.2. The van der Waals surface area contributed by atoms with E-state index in [1.165, 1.54) is 34.4 Å². The van der Waals surface area contributed by atoms with Crippen molar-refractivity contribution in [3.05, 3.63) is 88.9 Å². The molecule has 0 aliphatic heterocycles. The van der Waals surface area contributed by atoms with Crippen molar-refractivity contribution in [1.29, 1.82) is 0 Å². The van der Waals surface area contributed by atoms with E-state index in [-0.39, 0.29) is 5.69 Å². The minimum atomic E-state index is -0.851. The number of carbonyl (C=O) groups is 2. The maximum atomic E-state index is 12.0. The summed E-state index contributed by atoms with van der Waals surface area (Å²) in [6.07, 6.45) is 1.19. The Kier molecular flexibility index (Phi) is 6.51. The summed E-state index contributed by atoms with van der Waals surface area (Å²) in [6, 6.07) is 18.1. The molecule has 0 radical (unpaired) electrons. The third kappa shape index (κ3) is 5.58. The van der Waals surface area contributed by atoms with Crippen molar-refractivity contribution >= 4 is 29.3 Å². The lowest BCUT2D eigenvalue weighted by Crippen LogP contribution is -2.35. The summed E-state index contributed by atoms with van der Waals surface area (Å²) in [5.74, 6) is -1.34. The molecule has 6 nitrogen and oxygen atoms in total. The fraction of sp³-hybridized carbons (Fsp3) is 0.136. The molecule has 3 rings (SSSR count). The van der Waals surface area contributed by atoms with Gasteiger partial charge in [0.2, 0.25) is 0 Å². The van der Waals surface area contributed by atoms with Crippen LogP contribution in [0.1, 0.15) is 21.6 Å². The second kappa shape index (κ2) is 9.25. The van der Waals surface area contributed by atoms with Crippen molar-refractivity contribution in [3.8, 4) is 0 Å². The zero-order chi connectivity index (χ0) is 20.8. The number of aromatic nitrogens is 1. The van der Waals surface area contributed by atoms with Crippen LogP contribution in [0, 0.1) is 19.1 Å². The van der Waals surface area contributed by atoms with E-state index >= 15 is 0 Å². The van der Waals surface area contributed by atoms with Gasteiger partial charge >= 0.3 is 11.7 Å². The first-order valence-corrected chi connectivity index (χ1v) is 9.74. The largest absolute Gasteiger partial charge is 0.618 e. The summed E-state index contributed by atoms with van der Waals surface area (Å²) in [5, 5.41) is 14.2. The molecule has 1 N–H and O–H groups in total. The van der Waals surface area contributed by atoms with Crippen LogP contribution in [0.4, 0.5) is 5.69 Å². The molecule has 0 atom stereocenters. The van der Waals surface area contributed by atoms with Crippen LogP contribution in [-0.2, 0) is 9.53 Å². The lowest BCUT2D eigenvalue weighted by atomic mass is 10.2. The molecule has 0 saturated heterocycles. The van der Waals surface area contributed by atoms with Crippen LogP contribution in [0.5, 0.6) is 0 Å². The van der Waals surface area contributed by atoms with Gasteiger partial charge < -0.3 is 15.3 Å². The molecule has 148 valence electrons. The van der Waals surface area contributed by atoms with E-state index in [9.17, 15) is 14.8 Å². The summed E-state index contributed by atoms with van der Waals surface area (Å²) in [7, 11) is 0. The van der Waals surface area contributed by atoms with Gasteiger partial charge in [0.25, 0.3) is 5.91 Å². The number of rotatable bonds is 6. The fourth-order valence-electron chi connectivity index (χ4n) is 2.54. The maximum absolute atomic E-state index is 12.0. The minimum Gasteiger partial charge on any atom is -0.618 e. The van der Waals surface area contributed by atoms with E-state index in [1.807, 2.05) is 12.1 Å². The Labute approximate surface area is 173 Å². The molecule has 0 spiro atoms. The predicted molar refractivity (Wildman–Crippen MR) is 111 cm³/mol. The van der Waals surface area contributed by atoms with Gasteiger partial charge in [-0.1, -0.05) is 23.9 Å². The van der Waals surface area contributed by atoms with Gasteiger partial charge in [-0.3, -0.25) is 4.79 Å². The highest BCUT2D eigenvalue weighted by Gasteiger charge is 2.18. The average Bonchev–Trinajstić information content (AvgIpc) is 2.71. The molecule has 1 aromatic heterocycles. The summed E-state index contributed by atoms with van der Waals surface area (Å²) in [6.45, 7) is 3.65. The normalized spacial score (nSPS) is 10.4. The predicted octanol–water partition coefficient (Wildman–Crippen LogP) is 3.88. The number of anilines is 1. The molecule has 1 amide bonds. The molecule has 29 heavy (non-hydrogen) atoms. The number of pyridine rings is 1. The van der Waals surface area contributed by atoms with Crippen LogP contribution in [0.15, 0.2) is 76.7 Å². The first kappa shape index (κ1) is 20.4. The first-order chi connectivity index (χ1) is 13.9. The molecular formula is C22H20N2O4S. The van der Waals surface area contributed by atoms with E-state index in [2.05, 4.69) is 37.4 Å². The number of hydrogen-bond donors (Lipinski definition) is 1. The second-order valence-corrected chi connectivity index (χ2v) is 7.55. The summed E-state index contributed by atoms with van der Waals surface area (Å²) >= 11 is 1.66. The van der Waals surface area contributed by atoms with Crippen LogP contribution >= 0.6 is 11.8 Å². The maximum Gasteiger partial charge on any atom is 0.405 e. The standard InChI is InChI=1S/C22H20N2O4S/c1-15-6-7-16(2)20(13-15)29-18-10-8-17(9-11-18)23-21(25)14-28-22(26)19-5-3-4-12-24(19)27/h3-13H,14H2,1-2H3,(H,23,25). The van der Waals surface area contributed by atoms with Crippen LogP contribution < -0.4 is 10.0 Å². The highest BCUT2D eigenvalue weighted by molar-refractivity contribution is 7.99. The van der Waals surface area contributed by atoms with Gasteiger partial charge in [-0.2, -0.15) is 4.73 Å². The Morgan fingerprint density at radius 1 is 1.07 bits per heavy atom. The number of aryl methyl sites for hydroxylation is 2. The van der Waals surface area contributed by atoms with Crippen molar-refractivity contribution in [3.63, 3.8) is 0 Å². The van der Waals surface area contributed by atoms with Crippen LogP contribution in [0.25, 0.3) is 0 Å². The summed E-state index contributed by atoms with van der Waals surface area (Å²) in [4.78, 5) is 26.1. The Morgan fingerprint density at radius 2 is 1.83 bits per heavy atom. The Morgan fingerprint density at radius 3 is 2.55 bits per heavy atom. The number of hydrogen-bond acceptors (Lipinski definition) is 5. The monoisotopic (exact) mass is 408 g/mol. The fourth-order valence-corrected chi connectivity index (χ4v) is 3.54. The molecule has 0 aliphatic carbocycles. The first-order valence-electron chi connectivity index (χ1n) is 8.93. The van der Waals surface area contributed by atoms with E-state index < -0.39 is 18.5 Å². The van der Waals surface area contributed by atoms with Crippen molar-refractivity contribution in [2.24, 2.45) is 0 Å². The van der Waals surface area contributed by atoms with Crippen molar-refractivity contribution in [1.82, 2.24) is 0 Å². The summed E-state index contributed by atoms with van der Waals surface area (Å²) in [5.41, 5.74) is 2.83. The number of amides is 1. The van der Waals surface area contributed by atoms with E-state index in [0.717, 1.165) is 4.90 Å². The summed E-state index contributed by atoms with van der Waals surface area (Å²) < 4.78 is 5.29. The molecule has 0 saturated carbocycles. The van der Waals surface area contributed by atoms with Gasteiger partial charge in [0.15, 0.2) is 12.8 Å². The van der Waals surface area contributed by atoms with E-state index in [1.54, 1.807) is 30.0 Å².